The van der Waals surface area contributed by atoms with Crippen LogP contribution in [-0.2, 0) is 5.41 Å². The first kappa shape index (κ1) is 40.2. The molecule has 0 spiro atoms. The predicted molar refractivity (Wildman–Crippen MR) is 285 cm³/mol. The molecule has 1 aliphatic carbocycles. The van der Waals surface area contributed by atoms with Crippen LogP contribution in [0.1, 0.15) is 22.3 Å². The average molecular weight is 878 g/mol. The molecule has 0 bridgehead atoms. The molecule has 0 amide bonds. The predicted octanol–water partition coefficient (Wildman–Crippen LogP) is 16.5. The molecule has 0 N–H and O–H groups in total. The zero-order valence-corrected chi connectivity index (χ0v) is 37.7. The summed E-state index contributed by atoms with van der Waals surface area (Å²) in [6.07, 6.45) is 0. The van der Waals surface area contributed by atoms with Crippen molar-refractivity contribution in [2.45, 2.75) is 5.41 Å². The van der Waals surface area contributed by atoms with Crippen molar-refractivity contribution in [1.29, 1.82) is 0 Å². The van der Waals surface area contributed by atoms with E-state index in [1.807, 2.05) is 6.07 Å². The fourth-order valence-electron chi connectivity index (χ4n) is 10.8. The zero-order chi connectivity index (χ0) is 45.7. The number of hydrogen-bond donors (Lipinski definition) is 0. The number of hydrogen-bond acceptors (Lipinski definition) is 3. The summed E-state index contributed by atoms with van der Waals surface area (Å²) < 4.78 is 0. The van der Waals surface area contributed by atoms with Crippen molar-refractivity contribution in [3.05, 3.63) is 283 Å². The first-order valence-electron chi connectivity index (χ1n) is 23.6. The molecule has 1 aliphatic rings. The van der Waals surface area contributed by atoms with E-state index in [4.69, 9.17) is 15.0 Å². The molecule has 69 heavy (non-hydrogen) atoms. The standard InChI is InChI=1S/C66H43N3/c1-5-19-44(20-6-1)53-27-13-16-31-59(53)64-67-63(68-65(69-64)60-40-39-54(45-21-7-2-8-22-45)55-28-14-15-29-56(55)60)50-36-35-46-41-47(33-34-48(46)42-50)49-37-38-58-57-30-17-18-32-61(57)66(62(58)43-49,51-23-9-3-10-24-51)52-25-11-4-12-26-52/h1-43H. The second-order valence-corrected chi connectivity index (χ2v) is 17.9. The molecule has 3 heteroatoms. The third kappa shape index (κ3) is 6.78. The molecule has 0 saturated carbocycles. The molecule has 13 rings (SSSR count). The molecule has 0 aliphatic heterocycles. The van der Waals surface area contributed by atoms with Crippen molar-refractivity contribution in [3.8, 4) is 78.7 Å². The van der Waals surface area contributed by atoms with Crippen LogP contribution in [0.2, 0.25) is 0 Å². The molecule has 3 nitrogen and oxygen atoms in total. The normalized spacial score (nSPS) is 12.5. The van der Waals surface area contributed by atoms with Crippen LogP contribution in [0, 0.1) is 0 Å². The Kier molecular flexibility index (Phi) is 9.73. The molecule has 322 valence electrons. The summed E-state index contributed by atoms with van der Waals surface area (Å²) in [5.74, 6) is 1.88. The van der Waals surface area contributed by atoms with E-state index >= 15 is 0 Å². The number of fused-ring (bicyclic) bond motifs is 5. The summed E-state index contributed by atoms with van der Waals surface area (Å²) in [6, 6.07) is 93.7. The average Bonchev–Trinajstić information content (AvgIpc) is 3.73. The van der Waals surface area contributed by atoms with Crippen molar-refractivity contribution in [2.75, 3.05) is 0 Å². The zero-order valence-electron chi connectivity index (χ0n) is 37.7. The highest BCUT2D eigenvalue weighted by molar-refractivity contribution is 6.04. The molecule has 0 radical (unpaired) electrons. The van der Waals surface area contributed by atoms with Gasteiger partial charge in [0.2, 0.25) is 0 Å². The van der Waals surface area contributed by atoms with Gasteiger partial charge < -0.3 is 0 Å². The van der Waals surface area contributed by atoms with Gasteiger partial charge in [0.1, 0.15) is 0 Å². The van der Waals surface area contributed by atoms with Gasteiger partial charge in [0.05, 0.1) is 5.41 Å². The molecule has 0 fully saturated rings. The van der Waals surface area contributed by atoms with Crippen LogP contribution < -0.4 is 0 Å². The van der Waals surface area contributed by atoms with Crippen LogP contribution in [0.4, 0.5) is 0 Å². The van der Waals surface area contributed by atoms with Crippen molar-refractivity contribution >= 4 is 21.5 Å². The third-order valence-corrected chi connectivity index (χ3v) is 14.0. The van der Waals surface area contributed by atoms with Gasteiger partial charge in [0, 0.05) is 16.7 Å². The molecule has 1 heterocycles. The Hall–Kier alpha value is -9.05. The maximum Gasteiger partial charge on any atom is 0.164 e. The fourth-order valence-corrected chi connectivity index (χ4v) is 10.8. The van der Waals surface area contributed by atoms with Gasteiger partial charge >= 0.3 is 0 Å². The summed E-state index contributed by atoms with van der Waals surface area (Å²) in [6.45, 7) is 0. The number of aromatic nitrogens is 3. The maximum atomic E-state index is 5.32. The lowest BCUT2D eigenvalue weighted by atomic mass is 9.67. The second-order valence-electron chi connectivity index (χ2n) is 17.9. The largest absolute Gasteiger partial charge is 0.208 e. The van der Waals surface area contributed by atoms with E-state index in [9.17, 15) is 0 Å². The Morgan fingerprint density at radius 1 is 0.232 bits per heavy atom. The van der Waals surface area contributed by atoms with Crippen molar-refractivity contribution < 1.29 is 0 Å². The molecule has 12 aromatic rings. The highest BCUT2D eigenvalue weighted by atomic mass is 15.0. The third-order valence-electron chi connectivity index (χ3n) is 14.0. The van der Waals surface area contributed by atoms with Crippen LogP contribution in [0.25, 0.3) is 100 Å². The Bertz CT molecular complexity index is 3840. The summed E-state index contributed by atoms with van der Waals surface area (Å²) in [7, 11) is 0. The van der Waals surface area contributed by atoms with Gasteiger partial charge in [-0.2, -0.15) is 0 Å². The lowest BCUT2D eigenvalue weighted by molar-refractivity contribution is 0.769. The van der Waals surface area contributed by atoms with Crippen molar-refractivity contribution in [2.24, 2.45) is 0 Å². The molecular formula is C66H43N3. The van der Waals surface area contributed by atoms with Gasteiger partial charge in [-0.3, -0.25) is 0 Å². The molecule has 1 aromatic heterocycles. The molecular weight excluding hydrogens is 835 g/mol. The minimum Gasteiger partial charge on any atom is -0.208 e. The number of rotatable bonds is 8. The molecule has 0 unspecified atom stereocenters. The molecule has 11 aromatic carbocycles. The van der Waals surface area contributed by atoms with Gasteiger partial charge in [-0.25, -0.2) is 15.0 Å². The van der Waals surface area contributed by atoms with Gasteiger partial charge in [-0.05, 0) is 113 Å². The van der Waals surface area contributed by atoms with Crippen LogP contribution >= 0.6 is 0 Å². The first-order chi connectivity index (χ1) is 34.2. The van der Waals surface area contributed by atoms with E-state index in [2.05, 4.69) is 255 Å². The van der Waals surface area contributed by atoms with Crippen LogP contribution in [0.15, 0.2) is 261 Å². The molecule has 0 saturated heterocycles. The van der Waals surface area contributed by atoms with Crippen LogP contribution in [0.3, 0.4) is 0 Å². The van der Waals surface area contributed by atoms with E-state index < -0.39 is 5.41 Å². The Morgan fingerprint density at radius 3 is 1.32 bits per heavy atom. The minimum absolute atomic E-state index is 0.462. The highest BCUT2D eigenvalue weighted by Crippen LogP contribution is 2.56. The summed E-state index contributed by atoms with van der Waals surface area (Å²) in [5.41, 5.74) is 16.9. The van der Waals surface area contributed by atoms with Crippen LogP contribution in [0.5, 0.6) is 0 Å². The quantitative estimate of drug-likeness (QED) is 0.153. The lowest BCUT2D eigenvalue weighted by Crippen LogP contribution is -2.28. The van der Waals surface area contributed by atoms with Gasteiger partial charge in [-0.1, -0.05) is 237 Å². The lowest BCUT2D eigenvalue weighted by Gasteiger charge is -2.34. The van der Waals surface area contributed by atoms with Gasteiger partial charge in [0.25, 0.3) is 0 Å². The summed E-state index contributed by atoms with van der Waals surface area (Å²) >= 11 is 0. The van der Waals surface area contributed by atoms with E-state index in [1.165, 1.54) is 50.1 Å². The first-order valence-corrected chi connectivity index (χ1v) is 23.6. The Balaban J connectivity index is 0.944. The van der Waals surface area contributed by atoms with Crippen molar-refractivity contribution in [1.82, 2.24) is 15.0 Å². The van der Waals surface area contributed by atoms with Gasteiger partial charge in [0.15, 0.2) is 17.5 Å². The van der Waals surface area contributed by atoms with Crippen molar-refractivity contribution in [3.63, 3.8) is 0 Å². The van der Waals surface area contributed by atoms with Crippen LogP contribution in [-0.4, -0.2) is 15.0 Å². The van der Waals surface area contributed by atoms with E-state index in [0.29, 0.717) is 17.5 Å². The highest BCUT2D eigenvalue weighted by Gasteiger charge is 2.46. The number of benzene rings is 11. The van der Waals surface area contributed by atoms with Gasteiger partial charge in [-0.15, -0.1) is 0 Å². The van der Waals surface area contributed by atoms with E-state index in [-0.39, 0.29) is 0 Å². The summed E-state index contributed by atoms with van der Waals surface area (Å²) in [5, 5.41) is 4.49. The number of nitrogens with zero attached hydrogens (tertiary/aromatic N) is 3. The molecule has 0 atom stereocenters. The smallest absolute Gasteiger partial charge is 0.164 e. The minimum atomic E-state index is -0.462. The summed E-state index contributed by atoms with van der Waals surface area (Å²) in [4.78, 5) is 15.9. The fraction of sp³-hybridized carbons (Fsp3) is 0.0152. The monoisotopic (exact) mass is 877 g/mol. The second kappa shape index (κ2) is 16.7. The topological polar surface area (TPSA) is 38.7 Å². The van der Waals surface area contributed by atoms with E-state index in [1.54, 1.807) is 0 Å². The van der Waals surface area contributed by atoms with E-state index in [0.717, 1.165) is 54.9 Å². The maximum absolute atomic E-state index is 5.32. The Labute approximate surface area is 401 Å². The SMILES string of the molecule is c1ccc(-c2ccccc2-c2nc(-c3ccc4cc(-c5ccc6c(c5)C(c5ccccc5)(c5ccccc5)c5ccccc5-6)ccc4c3)nc(-c3ccc(-c4ccccc4)c4ccccc34)n2)cc1. The Morgan fingerprint density at radius 2 is 0.652 bits per heavy atom.